The Morgan fingerprint density at radius 1 is 0.925 bits per heavy atom. The van der Waals surface area contributed by atoms with Crippen LogP contribution in [0.4, 0.5) is 0 Å². The van der Waals surface area contributed by atoms with E-state index in [4.69, 9.17) is 9.47 Å². The smallest absolute Gasteiger partial charge is 0.225 e. The molecule has 1 aliphatic rings. The number of thioether (sulfide) groups is 2. The van der Waals surface area contributed by atoms with Gasteiger partial charge in [0.15, 0.2) is 5.78 Å². The highest BCUT2D eigenvalue weighted by Crippen LogP contribution is 2.55. The molecule has 1 heterocycles. The summed E-state index contributed by atoms with van der Waals surface area (Å²) < 4.78 is 11.2. The number of hydrogen-bond donors (Lipinski definition) is 1. The van der Waals surface area contributed by atoms with Crippen molar-refractivity contribution in [1.29, 1.82) is 0 Å². The number of benzene rings is 2. The van der Waals surface area contributed by atoms with Gasteiger partial charge in [-0.25, -0.2) is 0 Å². The molecule has 40 heavy (non-hydrogen) atoms. The molecule has 0 aliphatic carbocycles. The van der Waals surface area contributed by atoms with Crippen LogP contribution in [0, 0.1) is 0 Å². The van der Waals surface area contributed by atoms with Crippen LogP contribution in [0.3, 0.4) is 0 Å². The zero-order valence-corrected chi connectivity index (χ0v) is 28.5. The van der Waals surface area contributed by atoms with Crippen LogP contribution in [-0.4, -0.2) is 67.6 Å². The van der Waals surface area contributed by atoms with Crippen LogP contribution in [0.2, 0.25) is 0 Å². The summed E-state index contributed by atoms with van der Waals surface area (Å²) in [5, 5.41) is 3.20. The summed E-state index contributed by atoms with van der Waals surface area (Å²) in [4.78, 5) is 17.4. The summed E-state index contributed by atoms with van der Waals surface area (Å²) in [7, 11) is 1.69. The van der Waals surface area contributed by atoms with Gasteiger partial charge in [0.2, 0.25) is 5.79 Å². The van der Waals surface area contributed by atoms with Crippen LogP contribution in [0.1, 0.15) is 84.2 Å². The first-order chi connectivity index (χ1) is 18.9. The predicted molar refractivity (Wildman–Crippen MR) is 175 cm³/mol. The molecule has 0 saturated carbocycles. The number of hydrogen-bond acceptors (Lipinski definition) is 7. The van der Waals surface area contributed by atoms with Gasteiger partial charge in [0.05, 0.1) is 5.54 Å². The SMILES string of the molecule is CCCN(CC)C(C)(C)C(=O)c1ccc(SC)cc1.CCCNCC.COC1(c2ccc(SC)cc2)OC1(C)C. The summed E-state index contributed by atoms with van der Waals surface area (Å²) in [6, 6.07) is 16.3. The van der Waals surface area contributed by atoms with E-state index in [1.165, 1.54) is 16.2 Å². The average Bonchev–Trinajstić information content (AvgIpc) is 3.56. The Morgan fingerprint density at radius 2 is 1.43 bits per heavy atom. The molecule has 1 aliphatic heterocycles. The van der Waals surface area contributed by atoms with E-state index in [0.29, 0.717) is 0 Å². The fourth-order valence-corrected chi connectivity index (χ4v) is 5.47. The molecule has 0 spiro atoms. The van der Waals surface area contributed by atoms with E-state index < -0.39 is 11.3 Å². The Morgan fingerprint density at radius 3 is 1.75 bits per heavy atom. The predicted octanol–water partition coefficient (Wildman–Crippen LogP) is 8.12. The Kier molecular flexibility index (Phi) is 16.1. The lowest BCUT2D eigenvalue weighted by Gasteiger charge is -2.36. The Labute approximate surface area is 253 Å². The molecule has 1 saturated heterocycles. The molecule has 1 atom stereocenters. The van der Waals surface area contributed by atoms with Crippen molar-refractivity contribution in [1.82, 2.24) is 10.2 Å². The van der Waals surface area contributed by atoms with E-state index in [0.717, 1.165) is 43.7 Å². The minimum atomic E-state index is -0.538. The van der Waals surface area contributed by atoms with Gasteiger partial charge in [-0.1, -0.05) is 52.0 Å². The quantitative estimate of drug-likeness (QED) is 0.109. The van der Waals surface area contributed by atoms with Gasteiger partial charge in [-0.05, 0) is 103 Å². The summed E-state index contributed by atoms with van der Waals surface area (Å²) in [6.45, 7) is 20.8. The summed E-state index contributed by atoms with van der Waals surface area (Å²) in [5.74, 6) is -0.334. The van der Waals surface area contributed by atoms with Crippen LogP contribution in [0.25, 0.3) is 0 Å². The molecule has 0 radical (unpaired) electrons. The maximum atomic E-state index is 12.7. The Hall–Kier alpha value is -1.35. The lowest BCUT2D eigenvalue weighted by Crippen LogP contribution is -2.50. The number of epoxide rings is 1. The number of likely N-dealkylation sites (N-methyl/N-ethyl adjacent to an activating group) is 1. The van der Waals surface area contributed by atoms with Gasteiger partial charge >= 0.3 is 0 Å². The maximum absolute atomic E-state index is 12.7. The topological polar surface area (TPSA) is 54.1 Å². The first-order valence-corrected chi connectivity index (χ1v) is 16.9. The second-order valence-corrected chi connectivity index (χ2v) is 12.5. The van der Waals surface area contributed by atoms with Crippen molar-refractivity contribution < 1.29 is 14.3 Å². The number of methoxy groups -OCH3 is 1. The highest BCUT2D eigenvalue weighted by molar-refractivity contribution is 7.98. The monoisotopic (exact) mass is 590 g/mol. The number of nitrogens with zero attached hydrogens (tertiary/aromatic N) is 1. The highest BCUT2D eigenvalue weighted by Gasteiger charge is 2.66. The molecule has 2 aromatic carbocycles. The number of nitrogens with one attached hydrogen (secondary N) is 1. The molecule has 0 bridgehead atoms. The van der Waals surface area contributed by atoms with Gasteiger partial charge in [-0.2, -0.15) is 0 Å². The third-order valence-electron chi connectivity index (χ3n) is 7.16. The molecule has 0 amide bonds. The Bertz CT molecular complexity index is 990. The lowest BCUT2D eigenvalue weighted by molar-refractivity contribution is -0.0148. The second kappa shape index (κ2) is 17.6. The van der Waals surface area contributed by atoms with Gasteiger partial charge in [0, 0.05) is 28.0 Å². The molecule has 1 unspecified atom stereocenters. The third kappa shape index (κ3) is 9.88. The first-order valence-electron chi connectivity index (χ1n) is 14.5. The van der Waals surface area contributed by atoms with E-state index in [-0.39, 0.29) is 11.4 Å². The van der Waals surface area contributed by atoms with Crippen LogP contribution in [0.5, 0.6) is 0 Å². The molecule has 2 aromatic rings. The number of ketones is 1. The van der Waals surface area contributed by atoms with Crippen molar-refractivity contribution in [3.05, 3.63) is 59.7 Å². The van der Waals surface area contributed by atoms with Crippen molar-refractivity contribution in [2.75, 3.05) is 45.8 Å². The lowest BCUT2D eigenvalue weighted by atomic mass is 9.91. The number of ether oxygens (including phenoxy) is 2. The molecule has 3 rings (SSSR count). The molecule has 0 aromatic heterocycles. The Balaban J connectivity index is 0.000000338. The van der Waals surface area contributed by atoms with Crippen molar-refractivity contribution in [2.24, 2.45) is 0 Å². The third-order valence-corrected chi connectivity index (χ3v) is 8.64. The summed E-state index contributed by atoms with van der Waals surface area (Å²) >= 11 is 3.43. The summed E-state index contributed by atoms with van der Waals surface area (Å²) in [5.41, 5.74) is 1.24. The molecule has 1 N–H and O–H groups in total. The van der Waals surface area contributed by atoms with Crippen molar-refractivity contribution in [3.63, 3.8) is 0 Å². The van der Waals surface area contributed by atoms with Crippen LogP contribution < -0.4 is 5.32 Å². The van der Waals surface area contributed by atoms with Crippen molar-refractivity contribution in [3.8, 4) is 0 Å². The minimum Gasteiger partial charge on any atom is -0.347 e. The molecule has 7 heteroatoms. The zero-order valence-electron chi connectivity index (χ0n) is 26.8. The van der Waals surface area contributed by atoms with Crippen LogP contribution in [0.15, 0.2) is 58.3 Å². The number of Topliss-reactive ketones (excluding diaryl/α,β-unsaturated/α-hetero) is 1. The van der Waals surface area contributed by atoms with Crippen LogP contribution in [-0.2, 0) is 15.3 Å². The minimum absolute atomic E-state index is 0.204. The van der Waals surface area contributed by atoms with Gasteiger partial charge in [-0.15, -0.1) is 23.5 Å². The molecule has 226 valence electrons. The van der Waals surface area contributed by atoms with E-state index in [2.05, 4.69) is 68.4 Å². The number of rotatable bonds is 13. The summed E-state index contributed by atoms with van der Waals surface area (Å²) in [6.07, 6.45) is 6.42. The van der Waals surface area contributed by atoms with E-state index in [1.807, 2.05) is 58.2 Å². The maximum Gasteiger partial charge on any atom is 0.225 e. The van der Waals surface area contributed by atoms with Gasteiger partial charge in [0.25, 0.3) is 0 Å². The van der Waals surface area contributed by atoms with Crippen LogP contribution >= 0.6 is 23.5 Å². The molecular formula is C33H54N2O3S2. The number of carbonyl (C=O) groups is 1. The van der Waals surface area contributed by atoms with Gasteiger partial charge in [0.1, 0.15) is 5.60 Å². The molecular weight excluding hydrogens is 537 g/mol. The van der Waals surface area contributed by atoms with Gasteiger partial charge in [-0.3, -0.25) is 9.69 Å². The molecule has 1 fully saturated rings. The standard InChI is InChI=1S/C16H25NOS.C12H16O2S.C5H13N/c1-6-12-17(7-2)16(3,4)15(18)13-8-10-14(19-5)11-9-13;1-11(2)12(13-3,14-11)9-5-7-10(15-4)8-6-9;1-3-5-6-4-2/h8-11H,6-7,12H2,1-5H3;5-8H,1-4H3;6H,3-5H2,1-2H3. The van der Waals surface area contributed by atoms with Crippen molar-refractivity contribution >= 4 is 29.3 Å². The van der Waals surface area contributed by atoms with E-state index in [9.17, 15) is 4.79 Å². The zero-order chi connectivity index (χ0) is 30.4. The fraction of sp³-hybridized carbons (Fsp3) is 0.606. The average molecular weight is 591 g/mol. The fourth-order valence-electron chi connectivity index (χ4n) is 4.65. The second-order valence-electron chi connectivity index (χ2n) is 10.7. The van der Waals surface area contributed by atoms with Gasteiger partial charge < -0.3 is 14.8 Å². The normalized spacial score (nSPS) is 17.4. The first kappa shape index (κ1) is 36.7. The van der Waals surface area contributed by atoms with E-state index in [1.54, 1.807) is 30.6 Å². The number of carbonyl (C=O) groups excluding carboxylic acids is 1. The largest absolute Gasteiger partial charge is 0.347 e. The van der Waals surface area contributed by atoms with E-state index >= 15 is 0 Å². The van der Waals surface area contributed by atoms with Crippen molar-refractivity contribution in [2.45, 2.75) is 94.9 Å². The highest BCUT2D eigenvalue weighted by atomic mass is 32.2. The molecule has 5 nitrogen and oxygen atoms in total.